The predicted octanol–water partition coefficient (Wildman–Crippen LogP) is 2.66. The van der Waals surface area contributed by atoms with Crippen LogP contribution in [0, 0.1) is 5.92 Å². The van der Waals surface area contributed by atoms with Crippen LogP contribution < -0.4 is 10.1 Å². The quantitative estimate of drug-likeness (QED) is 0.779. The fourth-order valence-corrected chi connectivity index (χ4v) is 2.68. The molecule has 130 valence electrons. The molecule has 0 saturated heterocycles. The normalized spacial score (nSPS) is 12.3. The molecule has 0 aliphatic carbocycles. The number of aryl methyl sites for hydroxylation is 1. The second kappa shape index (κ2) is 7.86. The number of carboxylic acids is 1. The van der Waals surface area contributed by atoms with Crippen molar-refractivity contribution in [3.63, 3.8) is 0 Å². The highest BCUT2D eigenvalue weighted by molar-refractivity contribution is 5.84. The molecule has 0 bridgehead atoms. The van der Waals surface area contributed by atoms with Crippen LogP contribution in [0.2, 0.25) is 0 Å². The first-order valence-corrected chi connectivity index (χ1v) is 8.05. The first kappa shape index (κ1) is 17.8. The van der Waals surface area contributed by atoms with E-state index in [0.717, 1.165) is 16.7 Å². The number of amides is 1. The van der Waals surface area contributed by atoms with Gasteiger partial charge in [-0.25, -0.2) is 4.79 Å². The number of carboxylic acid groups (broad SMARTS) is 1. The van der Waals surface area contributed by atoms with Gasteiger partial charge in [0.15, 0.2) is 0 Å². The first-order valence-electron chi connectivity index (χ1n) is 8.05. The number of benzene rings is 1. The summed E-state index contributed by atoms with van der Waals surface area (Å²) >= 11 is 0. The molecular weight excluding hydrogens is 308 g/mol. The fourth-order valence-electron chi connectivity index (χ4n) is 2.68. The Balaban J connectivity index is 1.97. The Morgan fingerprint density at radius 2 is 2.04 bits per heavy atom. The average molecular weight is 332 g/mol. The number of methoxy groups -OCH3 is 1. The molecule has 1 amide bonds. The highest BCUT2D eigenvalue weighted by Gasteiger charge is 2.20. The van der Waals surface area contributed by atoms with Crippen molar-refractivity contribution in [3.8, 4) is 5.75 Å². The van der Waals surface area contributed by atoms with E-state index in [1.54, 1.807) is 7.11 Å². The third-order valence-electron chi connectivity index (χ3n) is 3.90. The lowest BCUT2D eigenvalue weighted by atomic mass is 10.0. The fraction of sp³-hybridized carbons (Fsp3) is 0.444. The van der Waals surface area contributed by atoms with Gasteiger partial charge in [-0.2, -0.15) is 0 Å². The van der Waals surface area contributed by atoms with Crippen LogP contribution in [0.3, 0.4) is 0 Å². The van der Waals surface area contributed by atoms with Gasteiger partial charge in [-0.1, -0.05) is 13.8 Å². The van der Waals surface area contributed by atoms with E-state index >= 15 is 0 Å². The van der Waals surface area contributed by atoms with Crippen LogP contribution in [0.15, 0.2) is 30.5 Å². The molecule has 0 spiro atoms. The van der Waals surface area contributed by atoms with Crippen molar-refractivity contribution in [1.82, 2.24) is 9.88 Å². The zero-order valence-corrected chi connectivity index (χ0v) is 14.3. The molecule has 6 nitrogen and oxygen atoms in total. The minimum absolute atomic E-state index is 0.203. The van der Waals surface area contributed by atoms with E-state index in [1.807, 2.05) is 48.9 Å². The Labute approximate surface area is 141 Å². The molecule has 1 heterocycles. The largest absolute Gasteiger partial charge is 0.497 e. The van der Waals surface area contributed by atoms with Crippen molar-refractivity contribution in [2.75, 3.05) is 7.11 Å². The Morgan fingerprint density at radius 3 is 2.67 bits per heavy atom. The van der Waals surface area contributed by atoms with Crippen LogP contribution in [-0.4, -0.2) is 34.7 Å². The molecule has 0 fully saturated rings. The van der Waals surface area contributed by atoms with Gasteiger partial charge < -0.3 is 19.7 Å². The number of fused-ring (bicyclic) bond motifs is 1. The lowest BCUT2D eigenvalue weighted by Gasteiger charge is -2.16. The van der Waals surface area contributed by atoms with Crippen LogP contribution in [0.1, 0.15) is 26.7 Å². The zero-order chi connectivity index (χ0) is 17.7. The second-order valence-electron chi connectivity index (χ2n) is 6.27. The monoisotopic (exact) mass is 332 g/mol. The summed E-state index contributed by atoms with van der Waals surface area (Å²) in [5.74, 6) is -0.250. The van der Waals surface area contributed by atoms with E-state index in [4.69, 9.17) is 4.74 Å². The maximum absolute atomic E-state index is 12.1. The zero-order valence-electron chi connectivity index (χ0n) is 14.3. The summed E-state index contributed by atoms with van der Waals surface area (Å²) in [6.45, 7) is 4.36. The number of aromatic nitrogens is 1. The smallest absolute Gasteiger partial charge is 0.326 e. The van der Waals surface area contributed by atoms with E-state index in [2.05, 4.69) is 5.32 Å². The topological polar surface area (TPSA) is 80.6 Å². The maximum Gasteiger partial charge on any atom is 0.326 e. The number of carbonyl (C=O) groups is 2. The molecule has 0 unspecified atom stereocenters. The van der Waals surface area contributed by atoms with E-state index < -0.39 is 12.0 Å². The molecular formula is C18H24N2O4. The standard InChI is InChI=1S/C18H24N2O4/c1-12(2)10-15(18(22)23)19-17(21)7-9-20-8-6-13-11-14(24-3)4-5-16(13)20/h4-6,8,11-12,15H,7,9-10H2,1-3H3,(H,19,21)(H,22,23)/t15-/m0/s1. The predicted molar refractivity (Wildman–Crippen MR) is 92.1 cm³/mol. The van der Waals surface area contributed by atoms with Crippen LogP contribution in [-0.2, 0) is 16.1 Å². The minimum atomic E-state index is -0.990. The van der Waals surface area contributed by atoms with Gasteiger partial charge in [-0.15, -0.1) is 0 Å². The van der Waals surface area contributed by atoms with Crippen LogP contribution in [0.25, 0.3) is 10.9 Å². The number of hydrogen-bond acceptors (Lipinski definition) is 3. The summed E-state index contributed by atoms with van der Waals surface area (Å²) in [5.41, 5.74) is 1.01. The van der Waals surface area contributed by atoms with Crippen LogP contribution in [0.5, 0.6) is 5.75 Å². The van der Waals surface area contributed by atoms with Gasteiger partial charge >= 0.3 is 5.97 Å². The molecule has 0 aliphatic heterocycles. The molecule has 6 heteroatoms. The molecule has 0 radical (unpaired) electrons. The first-order chi connectivity index (χ1) is 11.4. The van der Waals surface area contributed by atoms with Gasteiger partial charge in [0.1, 0.15) is 11.8 Å². The number of aliphatic carboxylic acids is 1. The summed E-state index contributed by atoms with van der Waals surface area (Å²) in [4.78, 5) is 23.3. The van der Waals surface area contributed by atoms with Gasteiger partial charge in [0.2, 0.25) is 5.91 Å². The highest BCUT2D eigenvalue weighted by Crippen LogP contribution is 2.22. The summed E-state index contributed by atoms with van der Waals surface area (Å²) < 4.78 is 7.18. The molecule has 1 aromatic carbocycles. The van der Waals surface area contributed by atoms with Gasteiger partial charge in [0.05, 0.1) is 7.11 Å². The summed E-state index contributed by atoms with van der Waals surface area (Å²) in [5, 5.41) is 12.8. The van der Waals surface area contributed by atoms with Crippen molar-refractivity contribution in [3.05, 3.63) is 30.5 Å². The molecule has 2 N–H and O–H groups in total. The van der Waals surface area contributed by atoms with Crippen molar-refractivity contribution < 1.29 is 19.4 Å². The van der Waals surface area contributed by atoms with E-state index in [1.165, 1.54) is 0 Å². The number of nitrogens with zero attached hydrogens (tertiary/aromatic N) is 1. The van der Waals surface area contributed by atoms with Crippen LogP contribution >= 0.6 is 0 Å². The summed E-state index contributed by atoms with van der Waals surface area (Å²) in [6.07, 6.45) is 2.57. The average Bonchev–Trinajstić information content (AvgIpc) is 2.93. The third kappa shape index (κ3) is 4.50. The number of carbonyl (C=O) groups excluding carboxylic acids is 1. The number of hydrogen-bond donors (Lipinski definition) is 2. The van der Waals surface area contributed by atoms with Crippen LogP contribution in [0.4, 0.5) is 0 Å². The number of ether oxygens (including phenoxy) is 1. The Bertz CT molecular complexity index is 721. The minimum Gasteiger partial charge on any atom is -0.497 e. The lowest BCUT2D eigenvalue weighted by Crippen LogP contribution is -2.41. The molecule has 2 rings (SSSR count). The van der Waals surface area contributed by atoms with Gasteiger partial charge in [0, 0.05) is 30.1 Å². The molecule has 0 saturated carbocycles. The Kier molecular flexibility index (Phi) is 5.84. The molecule has 0 aliphatic rings. The Hall–Kier alpha value is -2.50. The Morgan fingerprint density at radius 1 is 1.29 bits per heavy atom. The third-order valence-corrected chi connectivity index (χ3v) is 3.90. The maximum atomic E-state index is 12.1. The summed E-state index contributed by atoms with van der Waals surface area (Å²) in [6, 6.07) is 6.90. The van der Waals surface area contributed by atoms with Crippen molar-refractivity contribution in [2.24, 2.45) is 5.92 Å². The molecule has 1 aromatic heterocycles. The number of rotatable bonds is 8. The molecule has 2 aromatic rings. The second-order valence-corrected chi connectivity index (χ2v) is 6.27. The van der Waals surface area contributed by atoms with E-state index in [9.17, 15) is 14.7 Å². The SMILES string of the molecule is COc1ccc2c(ccn2CCC(=O)N[C@@H](CC(C)C)C(=O)O)c1. The molecule has 1 atom stereocenters. The molecule has 24 heavy (non-hydrogen) atoms. The van der Waals surface area contributed by atoms with Gasteiger partial charge in [-0.3, -0.25) is 4.79 Å². The van der Waals surface area contributed by atoms with Crippen molar-refractivity contribution >= 4 is 22.8 Å². The lowest BCUT2D eigenvalue weighted by molar-refractivity contribution is -0.142. The van der Waals surface area contributed by atoms with Crippen molar-refractivity contribution in [1.29, 1.82) is 0 Å². The van der Waals surface area contributed by atoms with E-state index in [-0.39, 0.29) is 18.2 Å². The van der Waals surface area contributed by atoms with E-state index in [0.29, 0.717) is 13.0 Å². The van der Waals surface area contributed by atoms with Gasteiger partial charge in [-0.05, 0) is 36.6 Å². The summed E-state index contributed by atoms with van der Waals surface area (Å²) in [7, 11) is 1.62. The highest BCUT2D eigenvalue weighted by atomic mass is 16.5. The number of nitrogens with one attached hydrogen (secondary N) is 1. The van der Waals surface area contributed by atoms with Crippen molar-refractivity contribution in [2.45, 2.75) is 39.3 Å². The van der Waals surface area contributed by atoms with Gasteiger partial charge in [0.25, 0.3) is 0 Å².